The van der Waals surface area contributed by atoms with Crippen molar-refractivity contribution in [2.45, 2.75) is 64.8 Å². The van der Waals surface area contributed by atoms with Crippen LogP contribution in [0.4, 0.5) is 4.79 Å². The maximum atomic E-state index is 12.6. The van der Waals surface area contributed by atoms with Gasteiger partial charge in [-0.15, -0.1) is 0 Å². The van der Waals surface area contributed by atoms with Crippen LogP contribution in [0.3, 0.4) is 0 Å². The first-order valence-electron chi connectivity index (χ1n) is 11.3. The predicted octanol–water partition coefficient (Wildman–Crippen LogP) is 3.27. The van der Waals surface area contributed by atoms with Gasteiger partial charge >= 0.3 is 6.03 Å². The molecule has 1 aliphatic rings. The monoisotopic (exact) mass is 439 g/mol. The van der Waals surface area contributed by atoms with E-state index in [-0.39, 0.29) is 30.3 Å². The molecule has 2 aromatic rings. The number of rotatable bonds is 7. The maximum Gasteiger partial charge on any atom is 0.315 e. The Kier molecular flexibility index (Phi) is 8.30. The molecule has 3 rings (SSSR count). The Morgan fingerprint density at radius 2 is 1.72 bits per heavy atom. The van der Waals surface area contributed by atoms with Crippen LogP contribution in [0.25, 0.3) is 5.69 Å². The van der Waals surface area contributed by atoms with Crippen LogP contribution in [-0.2, 0) is 4.79 Å². The first-order chi connectivity index (χ1) is 15.5. The number of nitrogens with zero attached hydrogens (tertiary/aromatic N) is 1. The summed E-state index contributed by atoms with van der Waals surface area (Å²) in [6, 6.07) is 11.7. The smallest absolute Gasteiger partial charge is 0.315 e. The van der Waals surface area contributed by atoms with E-state index < -0.39 is 0 Å². The molecule has 1 aromatic heterocycles. The molecule has 4 N–H and O–H groups in total. The van der Waals surface area contributed by atoms with Crippen molar-refractivity contribution in [3.05, 3.63) is 53.3 Å². The molecule has 0 radical (unpaired) electrons. The van der Waals surface area contributed by atoms with Gasteiger partial charge in [0.1, 0.15) is 0 Å². The van der Waals surface area contributed by atoms with Gasteiger partial charge in [-0.3, -0.25) is 20.4 Å². The Balaban J connectivity index is 1.39. The molecule has 1 fully saturated rings. The molecule has 1 heterocycles. The number of urea groups is 1. The molecule has 1 saturated carbocycles. The van der Waals surface area contributed by atoms with Gasteiger partial charge < -0.3 is 15.2 Å². The number of nitrogens with one attached hydrogen (secondary N) is 4. The lowest BCUT2D eigenvalue weighted by atomic mass is 9.96. The topological polar surface area (TPSA) is 104 Å². The number of para-hydroxylation sites is 1. The number of aromatic nitrogens is 1. The van der Waals surface area contributed by atoms with Crippen molar-refractivity contribution in [2.24, 2.45) is 0 Å². The third-order valence-corrected chi connectivity index (χ3v) is 5.81. The number of hydrazine groups is 1. The van der Waals surface area contributed by atoms with Crippen molar-refractivity contribution < 1.29 is 14.4 Å². The lowest BCUT2D eigenvalue weighted by Gasteiger charge is -2.22. The van der Waals surface area contributed by atoms with E-state index in [0.29, 0.717) is 18.5 Å². The summed E-state index contributed by atoms with van der Waals surface area (Å²) < 4.78 is 2.00. The molecule has 32 heavy (non-hydrogen) atoms. The molecule has 0 aliphatic heterocycles. The lowest BCUT2D eigenvalue weighted by molar-refractivity contribution is -0.121. The minimum atomic E-state index is -0.362. The minimum Gasteiger partial charge on any atom is -0.338 e. The molecule has 4 amide bonds. The fourth-order valence-corrected chi connectivity index (χ4v) is 4.16. The molecular weight excluding hydrogens is 406 g/mol. The first kappa shape index (κ1) is 23.4. The summed E-state index contributed by atoms with van der Waals surface area (Å²) in [6.45, 7) is 4.21. The molecule has 1 aliphatic carbocycles. The van der Waals surface area contributed by atoms with Gasteiger partial charge in [0.15, 0.2) is 0 Å². The van der Waals surface area contributed by atoms with Gasteiger partial charge in [-0.2, -0.15) is 0 Å². The summed E-state index contributed by atoms with van der Waals surface area (Å²) in [5.74, 6) is -0.664. The van der Waals surface area contributed by atoms with E-state index in [1.165, 1.54) is 6.42 Å². The second-order valence-corrected chi connectivity index (χ2v) is 8.30. The van der Waals surface area contributed by atoms with E-state index in [1.54, 1.807) is 6.07 Å². The highest BCUT2D eigenvalue weighted by molar-refractivity contribution is 5.97. The number of hydrogen-bond acceptors (Lipinski definition) is 3. The SMILES string of the molecule is Cc1cc(C(=O)NNC(=O)CCCNC(=O)NC2CCCCC2)c(C)n1-c1ccccc1. The van der Waals surface area contributed by atoms with Gasteiger partial charge in [-0.1, -0.05) is 37.5 Å². The van der Waals surface area contributed by atoms with Crippen molar-refractivity contribution in [1.82, 2.24) is 26.1 Å². The van der Waals surface area contributed by atoms with E-state index in [1.807, 2.05) is 48.7 Å². The molecule has 8 heteroatoms. The third kappa shape index (κ3) is 6.35. The summed E-state index contributed by atoms with van der Waals surface area (Å²) in [4.78, 5) is 36.5. The fourth-order valence-electron chi connectivity index (χ4n) is 4.16. The van der Waals surface area contributed by atoms with Crippen molar-refractivity contribution >= 4 is 17.8 Å². The Labute approximate surface area is 189 Å². The molecule has 8 nitrogen and oxygen atoms in total. The van der Waals surface area contributed by atoms with Crippen molar-refractivity contribution in [2.75, 3.05) is 6.54 Å². The van der Waals surface area contributed by atoms with Crippen LogP contribution in [0.1, 0.15) is 66.7 Å². The van der Waals surface area contributed by atoms with Crippen LogP contribution < -0.4 is 21.5 Å². The maximum absolute atomic E-state index is 12.6. The van der Waals surface area contributed by atoms with Crippen LogP contribution in [0, 0.1) is 13.8 Å². The highest BCUT2D eigenvalue weighted by Gasteiger charge is 2.17. The summed E-state index contributed by atoms with van der Waals surface area (Å²) in [5.41, 5.74) is 8.16. The number of aryl methyl sites for hydroxylation is 1. The highest BCUT2D eigenvalue weighted by Crippen LogP contribution is 2.20. The molecule has 0 saturated heterocycles. The molecular formula is C24H33N5O3. The largest absolute Gasteiger partial charge is 0.338 e. The summed E-state index contributed by atoms with van der Waals surface area (Å²) in [7, 11) is 0. The minimum absolute atomic E-state index is 0.181. The Morgan fingerprint density at radius 1 is 1.00 bits per heavy atom. The zero-order valence-corrected chi connectivity index (χ0v) is 18.9. The van der Waals surface area contributed by atoms with Crippen molar-refractivity contribution in [3.8, 4) is 5.69 Å². The van der Waals surface area contributed by atoms with Crippen LogP contribution in [0.5, 0.6) is 0 Å². The number of amides is 4. The number of hydrogen-bond donors (Lipinski definition) is 4. The standard InChI is InChI=1S/C24H33N5O3/c1-17-16-21(18(2)29(17)20-12-7-4-8-13-20)23(31)28-27-22(30)14-9-15-25-24(32)26-19-10-5-3-6-11-19/h4,7-8,12-13,16,19H,3,5-6,9-11,14-15H2,1-2H3,(H,27,30)(H,28,31)(H2,25,26,32). The van der Waals surface area contributed by atoms with E-state index in [0.717, 1.165) is 42.8 Å². The summed E-state index contributed by atoms with van der Waals surface area (Å²) in [6.07, 6.45) is 6.31. The Hall–Kier alpha value is -3.29. The fraction of sp³-hybridized carbons (Fsp3) is 0.458. The van der Waals surface area contributed by atoms with Gasteiger partial charge in [0.2, 0.25) is 5.91 Å². The van der Waals surface area contributed by atoms with Crippen LogP contribution in [-0.4, -0.2) is 35.0 Å². The van der Waals surface area contributed by atoms with Crippen LogP contribution >= 0.6 is 0 Å². The normalized spacial score (nSPS) is 13.9. The van der Waals surface area contributed by atoms with Crippen LogP contribution in [0.15, 0.2) is 36.4 Å². The van der Waals surface area contributed by atoms with Gasteiger partial charge in [0.25, 0.3) is 5.91 Å². The van der Waals surface area contributed by atoms with E-state index in [2.05, 4.69) is 21.5 Å². The van der Waals surface area contributed by atoms with Gasteiger partial charge in [-0.25, -0.2) is 4.79 Å². The molecule has 0 atom stereocenters. The Bertz CT molecular complexity index is 933. The summed E-state index contributed by atoms with van der Waals surface area (Å²) >= 11 is 0. The second-order valence-electron chi connectivity index (χ2n) is 8.30. The average molecular weight is 440 g/mol. The number of carbonyl (C=O) groups excluding carboxylic acids is 3. The van der Waals surface area contributed by atoms with Gasteiger partial charge in [0.05, 0.1) is 5.56 Å². The van der Waals surface area contributed by atoms with Crippen molar-refractivity contribution in [1.29, 1.82) is 0 Å². The van der Waals surface area contributed by atoms with E-state index in [9.17, 15) is 14.4 Å². The quantitative estimate of drug-likeness (QED) is 0.393. The average Bonchev–Trinajstić information content (AvgIpc) is 3.10. The highest BCUT2D eigenvalue weighted by atomic mass is 16.2. The van der Waals surface area contributed by atoms with Gasteiger partial charge in [-0.05, 0) is 51.3 Å². The van der Waals surface area contributed by atoms with Crippen LogP contribution in [0.2, 0.25) is 0 Å². The second kappa shape index (κ2) is 11.4. The predicted molar refractivity (Wildman–Crippen MR) is 123 cm³/mol. The van der Waals surface area contributed by atoms with E-state index in [4.69, 9.17) is 0 Å². The summed E-state index contributed by atoms with van der Waals surface area (Å²) in [5, 5.41) is 5.77. The van der Waals surface area contributed by atoms with Crippen molar-refractivity contribution in [3.63, 3.8) is 0 Å². The third-order valence-electron chi connectivity index (χ3n) is 5.81. The van der Waals surface area contributed by atoms with E-state index >= 15 is 0 Å². The lowest BCUT2D eigenvalue weighted by Crippen LogP contribution is -2.44. The number of benzene rings is 1. The zero-order valence-electron chi connectivity index (χ0n) is 18.9. The molecule has 0 spiro atoms. The zero-order chi connectivity index (χ0) is 22.9. The molecule has 172 valence electrons. The Morgan fingerprint density at radius 3 is 2.44 bits per heavy atom. The molecule has 1 aromatic carbocycles. The molecule has 0 unspecified atom stereocenters. The number of carbonyl (C=O) groups is 3. The molecule has 0 bridgehead atoms. The van der Waals surface area contributed by atoms with Gasteiger partial charge in [0, 0.05) is 36.1 Å². The first-order valence-corrected chi connectivity index (χ1v) is 11.3.